The van der Waals surface area contributed by atoms with Crippen molar-refractivity contribution in [3.8, 4) is 0 Å². The minimum absolute atomic E-state index is 0.433. The van der Waals surface area contributed by atoms with Gasteiger partial charge in [0, 0.05) is 31.6 Å². The van der Waals surface area contributed by atoms with Crippen LogP contribution in [0.1, 0.15) is 5.82 Å². The zero-order chi connectivity index (χ0) is 12.7. The summed E-state index contributed by atoms with van der Waals surface area (Å²) in [4.78, 5) is 8.23. The van der Waals surface area contributed by atoms with E-state index in [2.05, 4.69) is 9.97 Å². The van der Waals surface area contributed by atoms with Crippen LogP contribution in [0, 0.1) is 11.6 Å². The van der Waals surface area contributed by atoms with Crippen LogP contribution >= 0.6 is 0 Å². The van der Waals surface area contributed by atoms with Gasteiger partial charge in [0.1, 0.15) is 5.82 Å². The Kier molecular flexibility index (Phi) is 2.36. The van der Waals surface area contributed by atoms with E-state index in [-0.39, 0.29) is 0 Å². The molecule has 0 atom stereocenters. The Hall–Kier alpha value is -2.24. The largest absolute Gasteiger partial charge is 0.337 e. The highest BCUT2D eigenvalue weighted by Gasteiger charge is 2.10. The lowest BCUT2D eigenvalue weighted by molar-refractivity contribution is 0.510. The van der Waals surface area contributed by atoms with Crippen molar-refractivity contribution in [3.63, 3.8) is 0 Å². The molecule has 2 aromatic heterocycles. The maximum atomic E-state index is 13.2. The predicted octanol–water partition coefficient (Wildman–Crippen LogP) is 2.10. The molecule has 0 amide bonds. The summed E-state index contributed by atoms with van der Waals surface area (Å²) in [6.07, 6.45) is 5.07. The molecule has 1 aromatic carbocycles. The van der Waals surface area contributed by atoms with E-state index in [1.54, 1.807) is 17.1 Å². The van der Waals surface area contributed by atoms with Crippen LogP contribution < -0.4 is 0 Å². The third-order valence-corrected chi connectivity index (χ3v) is 2.90. The number of nitrogens with zero attached hydrogens (tertiary/aromatic N) is 4. The molecule has 0 radical (unpaired) electrons. The Morgan fingerprint density at radius 3 is 2.67 bits per heavy atom. The van der Waals surface area contributed by atoms with Crippen molar-refractivity contribution < 1.29 is 8.78 Å². The molecule has 2 heterocycles. The van der Waals surface area contributed by atoms with Gasteiger partial charge in [-0.1, -0.05) is 0 Å². The third kappa shape index (κ3) is 1.66. The summed E-state index contributed by atoms with van der Waals surface area (Å²) in [6, 6.07) is 2.25. The van der Waals surface area contributed by atoms with Crippen LogP contribution in [0.2, 0.25) is 0 Å². The molecule has 0 saturated heterocycles. The van der Waals surface area contributed by atoms with Gasteiger partial charge in [-0.25, -0.2) is 18.7 Å². The summed E-state index contributed by atoms with van der Waals surface area (Å²) < 4.78 is 29.9. The van der Waals surface area contributed by atoms with E-state index >= 15 is 0 Å². The van der Waals surface area contributed by atoms with E-state index in [1.807, 2.05) is 17.8 Å². The quantitative estimate of drug-likeness (QED) is 0.696. The molecule has 0 N–H and O–H groups in total. The fourth-order valence-corrected chi connectivity index (χ4v) is 1.88. The number of halogens is 2. The lowest BCUT2D eigenvalue weighted by Gasteiger charge is -2.04. The van der Waals surface area contributed by atoms with E-state index in [4.69, 9.17) is 0 Å². The van der Waals surface area contributed by atoms with Crippen molar-refractivity contribution in [2.45, 2.75) is 6.54 Å². The molecule has 18 heavy (non-hydrogen) atoms. The van der Waals surface area contributed by atoms with Crippen molar-refractivity contribution >= 4 is 11.0 Å². The Labute approximate surface area is 102 Å². The Morgan fingerprint density at radius 1 is 1.17 bits per heavy atom. The van der Waals surface area contributed by atoms with Gasteiger partial charge in [0.2, 0.25) is 0 Å². The minimum Gasteiger partial charge on any atom is -0.337 e. The van der Waals surface area contributed by atoms with E-state index in [9.17, 15) is 8.78 Å². The van der Waals surface area contributed by atoms with Crippen LogP contribution in [0.15, 0.2) is 30.9 Å². The first-order chi connectivity index (χ1) is 8.65. The minimum atomic E-state index is -0.884. The average molecular weight is 248 g/mol. The number of hydrogen-bond donors (Lipinski definition) is 0. The summed E-state index contributed by atoms with van der Waals surface area (Å²) in [5.74, 6) is -0.937. The molecule has 6 heteroatoms. The van der Waals surface area contributed by atoms with Gasteiger partial charge < -0.3 is 9.13 Å². The summed E-state index contributed by atoms with van der Waals surface area (Å²) in [5.41, 5.74) is 0.986. The lowest BCUT2D eigenvalue weighted by Crippen LogP contribution is -2.04. The Morgan fingerprint density at radius 2 is 1.94 bits per heavy atom. The molecule has 3 aromatic rings. The highest BCUT2D eigenvalue weighted by molar-refractivity contribution is 5.75. The number of imidazole rings is 2. The number of rotatable bonds is 2. The molecule has 0 fully saturated rings. The zero-order valence-corrected chi connectivity index (χ0v) is 9.64. The molecule has 3 rings (SSSR count). The van der Waals surface area contributed by atoms with Crippen LogP contribution in [-0.4, -0.2) is 19.1 Å². The van der Waals surface area contributed by atoms with E-state index < -0.39 is 11.6 Å². The highest BCUT2D eigenvalue weighted by atomic mass is 19.2. The van der Waals surface area contributed by atoms with Crippen molar-refractivity contribution in [2.24, 2.45) is 7.05 Å². The summed E-state index contributed by atoms with van der Waals surface area (Å²) in [6.45, 7) is 0.463. The normalized spacial score (nSPS) is 11.3. The summed E-state index contributed by atoms with van der Waals surface area (Å²) >= 11 is 0. The lowest BCUT2D eigenvalue weighted by atomic mass is 10.3. The standard InChI is InChI=1S/C12H10F2N4/c1-17-3-2-15-12(17)6-18-7-16-10-4-8(13)9(14)5-11(10)18/h2-5,7H,6H2,1H3. The van der Waals surface area contributed by atoms with Gasteiger partial charge in [0.15, 0.2) is 11.6 Å². The molecule has 0 bridgehead atoms. The van der Waals surface area contributed by atoms with Crippen molar-refractivity contribution in [3.05, 3.63) is 48.3 Å². The van der Waals surface area contributed by atoms with E-state index in [0.717, 1.165) is 18.0 Å². The topological polar surface area (TPSA) is 35.6 Å². The molecule has 4 nitrogen and oxygen atoms in total. The van der Waals surface area contributed by atoms with Crippen molar-refractivity contribution in [1.82, 2.24) is 19.1 Å². The molecule has 92 valence electrons. The predicted molar refractivity (Wildman–Crippen MR) is 62.0 cm³/mol. The number of benzene rings is 1. The SMILES string of the molecule is Cn1ccnc1Cn1cnc2cc(F)c(F)cc21. The fraction of sp³-hybridized carbons (Fsp3) is 0.167. The van der Waals surface area contributed by atoms with Gasteiger partial charge in [-0.3, -0.25) is 0 Å². The molecular weight excluding hydrogens is 238 g/mol. The van der Waals surface area contributed by atoms with Crippen LogP contribution in [0.3, 0.4) is 0 Å². The first-order valence-corrected chi connectivity index (χ1v) is 5.41. The van der Waals surface area contributed by atoms with Crippen molar-refractivity contribution in [2.75, 3.05) is 0 Å². The zero-order valence-electron chi connectivity index (χ0n) is 9.64. The molecule has 0 aliphatic heterocycles. The van der Waals surface area contributed by atoms with Crippen LogP contribution in [0.5, 0.6) is 0 Å². The van der Waals surface area contributed by atoms with E-state index in [1.165, 1.54) is 0 Å². The monoisotopic (exact) mass is 248 g/mol. The van der Waals surface area contributed by atoms with Crippen LogP contribution in [0.4, 0.5) is 8.78 Å². The Bertz CT molecular complexity index is 714. The second-order valence-electron chi connectivity index (χ2n) is 4.08. The number of aromatic nitrogens is 4. The maximum absolute atomic E-state index is 13.2. The van der Waals surface area contributed by atoms with Crippen LogP contribution in [0.25, 0.3) is 11.0 Å². The van der Waals surface area contributed by atoms with Gasteiger partial charge in [-0.15, -0.1) is 0 Å². The first-order valence-electron chi connectivity index (χ1n) is 5.41. The van der Waals surface area contributed by atoms with Gasteiger partial charge >= 0.3 is 0 Å². The first kappa shape index (κ1) is 10.9. The van der Waals surface area contributed by atoms with Crippen LogP contribution in [-0.2, 0) is 13.6 Å². The van der Waals surface area contributed by atoms with Gasteiger partial charge in [0.05, 0.1) is 23.9 Å². The smallest absolute Gasteiger partial charge is 0.161 e. The molecule has 0 spiro atoms. The van der Waals surface area contributed by atoms with E-state index in [0.29, 0.717) is 17.6 Å². The van der Waals surface area contributed by atoms with Crippen molar-refractivity contribution in [1.29, 1.82) is 0 Å². The highest BCUT2D eigenvalue weighted by Crippen LogP contribution is 2.18. The van der Waals surface area contributed by atoms with Gasteiger partial charge in [0.25, 0.3) is 0 Å². The second-order valence-corrected chi connectivity index (χ2v) is 4.08. The fourth-order valence-electron chi connectivity index (χ4n) is 1.88. The number of hydrogen-bond acceptors (Lipinski definition) is 2. The molecule has 0 aliphatic rings. The average Bonchev–Trinajstić information content (AvgIpc) is 2.90. The molecule has 0 unspecified atom stereocenters. The molecule has 0 saturated carbocycles. The third-order valence-electron chi connectivity index (χ3n) is 2.90. The molecular formula is C12H10F2N4. The van der Waals surface area contributed by atoms with Gasteiger partial charge in [-0.2, -0.15) is 0 Å². The second kappa shape index (κ2) is 3.90. The summed E-state index contributed by atoms with van der Waals surface area (Å²) in [5, 5.41) is 0. The summed E-state index contributed by atoms with van der Waals surface area (Å²) in [7, 11) is 1.88. The molecule has 0 aliphatic carbocycles. The maximum Gasteiger partial charge on any atom is 0.161 e. The van der Waals surface area contributed by atoms with Gasteiger partial charge in [-0.05, 0) is 0 Å². The Balaban J connectivity index is 2.08. The number of aryl methyl sites for hydroxylation is 1. The number of fused-ring (bicyclic) bond motifs is 1.